The van der Waals surface area contributed by atoms with Crippen LogP contribution in [0.1, 0.15) is 36.9 Å². The van der Waals surface area contributed by atoms with Crippen LogP contribution in [-0.4, -0.2) is 33.4 Å². The second-order valence-corrected chi connectivity index (χ2v) is 7.86. The summed E-state index contributed by atoms with van der Waals surface area (Å²) >= 11 is 0. The van der Waals surface area contributed by atoms with E-state index >= 15 is 0 Å². The molecule has 3 heterocycles. The summed E-state index contributed by atoms with van der Waals surface area (Å²) in [6.45, 7) is 4.75. The fourth-order valence-corrected chi connectivity index (χ4v) is 4.35. The number of aromatic nitrogens is 2. The van der Waals surface area contributed by atoms with Gasteiger partial charge in [-0.15, -0.1) is 0 Å². The number of pyridine rings is 2. The third-order valence-corrected chi connectivity index (χ3v) is 6.06. The van der Waals surface area contributed by atoms with Crippen molar-refractivity contribution in [3.05, 3.63) is 76.3 Å². The van der Waals surface area contributed by atoms with Gasteiger partial charge in [0.2, 0.25) is 5.91 Å². The van der Waals surface area contributed by atoms with Crippen molar-refractivity contribution < 1.29 is 4.79 Å². The number of amides is 1. The maximum absolute atomic E-state index is 13.7. The van der Waals surface area contributed by atoms with E-state index in [2.05, 4.69) is 11.1 Å². The molecule has 0 radical (unpaired) electrons. The maximum Gasteiger partial charge on any atom is 0.259 e. The Morgan fingerprint density at radius 3 is 2.45 bits per heavy atom. The fraction of sp³-hybridized carbons (Fsp3) is 0.280. The first-order valence-corrected chi connectivity index (χ1v) is 10.4. The lowest BCUT2D eigenvalue weighted by Crippen LogP contribution is -2.40. The zero-order valence-corrected chi connectivity index (χ0v) is 17.7. The van der Waals surface area contributed by atoms with Crippen LogP contribution in [0.3, 0.4) is 0 Å². The first kappa shape index (κ1) is 20.5. The number of hydrogen-bond acceptors (Lipinski definition) is 4. The monoisotopic (exact) mass is 412 g/mol. The molecule has 0 atom stereocenters. The predicted octanol–water partition coefficient (Wildman–Crippen LogP) is 3.94. The zero-order valence-electron chi connectivity index (χ0n) is 17.7. The van der Waals surface area contributed by atoms with Crippen molar-refractivity contribution >= 4 is 5.91 Å². The number of nitrogens with zero attached hydrogens (tertiary/aromatic N) is 4. The number of benzene rings is 1. The molecule has 6 nitrogen and oxygen atoms in total. The van der Waals surface area contributed by atoms with E-state index in [0.717, 1.165) is 16.8 Å². The molecule has 0 saturated carbocycles. The number of carbonyl (C=O) groups excluding carboxylic acids is 1. The van der Waals surface area contributed by atoms with Crippen molar-refractivity contribution in [3.63, 3.8) is 0 Å². The molecular weight excluding hydrogens is 388 g/mol. The summed E-state index contributed by atoms with van der Waals surface area (Å²) in [5.41, 5.74) is 4.00. The number of nitriles is 1. The second-order valence-electron chi connectivity index (χ2n) is 7.86. The van der Waals surface area contributed by atoms with Crippen LogP contribution in [0.2, 0.25) is 0 Å². The van der Waals surface area contributed by atoms with Gasteiger partial charge in [-0.1, -0.05) is 24.3 Å². The van der Waals surface area contributed by atoms with Gasteiger partial charge in [0, 0.05) is 49.6 Å². The van der Waals surface area contributed by atoms with Gasteiger partial charge in [0.15, 0.2) is 0 Å². The molecule has 1 aliphatic heterocycles. The first-order valence-electron chi connectivity index (χ1n) is 10.4. The summed E-state index contributed by atoms with van der Waals surface area (Å²) < 4.78 is 1.79. The summed E-state index contributed by atoms with van der Waals surface area (Å²) in [6.07, 6.45) is 5.05. The molecule has 1 amide bonds. The summed E-state index contributed by atoms with van der Waals surface area (Å²) in [5.74, 6) is 0.0625. The van der Waals surface area contributed by atoms with Crippen LogP contribution in [0.4, 0.5) is 0 Å². The van der Waals surface area contributed by atoms with Gasteiger partial charge in [0.1, 0.15) is 0 Å². The standard InChI is InChI=1S/C25H24N4O2/c1-17-22(23-9-5-6-12-27-23)16-29(20-10-13-28(14-11-20)18(2)30)25(31)24(17)21-8-4-3-7-19(21)15-26/h3-9,12,16,20H,10-11,13-14H2,1-2H3. The van der Waals surface area contributed by atoms with Crippen molar-refractivity contribution in [2.24, 2.45) is 0 Å². The van der Waals surface area contributed by atoms with Gasteiger partial charge in [-0.25, -0.2) is 0 Å². The minimum atomic E-state index is -0.110. The summed E-state index contributed by atoms with van der Waals surface area (Å²) in [7, 11) is 0. The minimum Gasteiger partial charge on any atom is -0.343 e. The fourth-order valence-electron chi connectivity index (χ4n) is 4.35. The highest BCUT2D eigenvalue weighted by atomic mass is 16.2. The van der Waals surface area contributed by atoms with Gasteiger partial charge in [0.05, 0.1) is 22.9 Å². The Hall–Kier alpha value is -3.72. The Kier molecular flexibility index (Phi) is 5.68. The molecule has 4 rings (SSSR count). The predicted molar refractivity (Wildman–Crippen MR) is 119 cm³/mol. The largest absolute Gasteiger partial charge is 0.343 e. The molecule has 0 spiro atoms. The molecule has 3 aromatic rings. The molecule has 0 bridgehead atoms. The lowest BCUT2D eigenvalue weighted by atomic mass is 9.93. The van der Waals surface area contributed by atoms with Crippen molar-refractivity contribution in [1.82, 2.24) is 14.5 Å². The Morgan fingerprint density at radius 2 is 1.81 bits per heavy atom. The SMILES string of the molecule is CC(=O)N1CCC(n2cc(-c3ccccn3)c(C)c(-c3ccccc3C#N)c2=O)CC1. The van der Waals surface area contributed by atoms with E-state index < -0.39 is 0 Å². The third kappa shape index (κ3) is 3.87. The molecule has 0 unspecified atom stereocenters. The summed E-state index contributed by atoms with van der Waals surface area (Å²) in [5, 5.41) is 9.64. The number of likely N-dealkylation sites (tertiary alicyclic amines) is 1. The van der Waals surface area contributed by atoms with Crippen LogP contribution >= 0.6 is 0 Å². The Morgan fingerprint density at radius 1 is 1.10 bits per heavy atom. The molecule has 0 N–H and O–H groups in total. The first-order chi connectivity index (χ1) is 15.0. The van der Waals surface area contributed by atoms with E-state index in [0.29, 0.717) is 42.6 Å². The molecule has 0 aliphatic carbocycles. The van der Waals surface area contributed by atoms with Gasteiger partial charge in [-0.2, -0.15) is 5.26 Å². The number of rotatable bonds is 3. The van der Waals surface area contributed by atoms with E-state index in [-0.39, 0.29) is 17.5 Å². The number of hydrogen-bond donors (Lipinski definition) is 0. The lowest BCUT2D eigenvalue weighted by molar-refractivity contribution is -0.130. The topological polar surface area (TPSA) is 79.0 Å². The second kappa shape index (κ2) is 8.57. The van der Waals surface area contributed by atoms with Gasteiger partial charge in [-0.3, -0.25) is 14.6 Å². The molecule has 31 heavy (non-hydrogen) atoms. The molecule has 1 aromatic carbocycles. The summed E-state index contributed by atoms with van der Waals surface area (Å²) in [4.78, 5) is 31.8. The summed E-state index contributed by atoms with van der Waals surface area (Å²) in [6, 6.07) is 15.1. The highest BCUT2D eigenvalue weighted by Crippen LogP contribution is 2.32. The third-order valence-electron chi connectivity index (χ3n) is 6.06. The average molecular weight is 412 g/mol. The molecule has 6 heteroatoms. The van der Waals surface area contributed by atoms with Crippen LogP contribution in [0.25, 0.3) is 22.4 Å². The van der Waals surface area contributed by atoms with Crippen molar-refractivity contribution in [2.75, 3.05) is 13.1 Å². The van der Waals surface area contributed by atoms with E-state index in [4.69, 9.17) is 0 Å². The minimum absolute atomic E-state index is 0.0147. The van der Waals surface area contributed by atoms with Crippen LogP contribution in [0.15, 0.2) is 59.7 Å². The highest BCUT2D eigenvalue weighted by molar-refractivity contribution is 5.79. The van der Waals surface area contributed by atoms with E-state index in [9.17, 15) is 14.9 Å². The molecule has 2 aromatic heterocycles. The Bertz CT molecular complexity index is 1220. The van der Waals surface area contributed by atoms with E-state index in [1.807, 2.05) is 48.4 Å². The molecule has 156 valence electrons. The lowest BCUT2D eigenvalue weighted by Gasteiger charge is -2.33. The van der Waals surface area contributed by atoms with E-state index in [1.165, 1.54) is 0 Å². The smallest absolute Gasteiger partial charge is 0.259 e. The number of piperidine rings is 1. The maximum atomic E-state index is 13.7. The van der Waals surface area contributed by atoms with Crippen LogP contribution in [-0.2, 0) is 4.79 Å². The van der Waals surface area contributed by atoms with Gasteiger partial charge in [-0.05, 0) is 43.5 Å². The molecule has 1 aliphatic rings. The van der Waals surface area contributed by atoms with Crippen molar-refractivity contribution in [2.45, 2.75) is 32.7 Å². The van der Waals surface area contributed by atoms with Gasteiger partial charge in [0.25, 0.3) is 5.56 Å². The van der Waals surface area contributed by atoms with Gasteiger partial charge < -0.3 is 9.47 Å². The Balaban J connectivity index is 1.91. The normalized spacial score (nSPS) is 14.3. The van der Waals surface area contributed by atoms with Gasteiger partial charge >= 0.3 is 0 Å². The van der Waals surface area contributed by atoms with Crippen LogP contribution in [0.5, 0.6) is 0 Å². The molecular formula is C25H24N4O2. The average Bonchev–Trinajstić information content (AvgIpc) is 2.80. The van der Waals surface area contributed by atoms with Crippen LogP contribution < -0.4 is 5.56 Å². The Labute approximate surface area is 181 Å². The zero-order chi connectivity index (χ0) is 22.0. The van der Waals surface area contributed by atoms with Crippen molar-refractivity contribution in [3.8, 4) is 28.5 Å². The van der Waals surface area contributed by atoms with Crippen LogP contribution in [0, 0.1) is 18.3 Å². The molecule has 1 fully saturated rings. The molecule has 1 saturated heterocycles. The number of carbonyl (C=O) groups is 1. The van der Waals surface area contributed by atoms with E-state index in [1.54, 1.807) is 29.8 Å². The highest BCUT2D eigenvalue weighted by Gasteiger charge is 2.26. The quantitative estimate of drug-likeness (QED) is 0.653. The van der Waals surface area contributed by atoms with Crippen molar-refractivity contribution in [1.29, 1.82) is 5.26 Å².